The number of aromatic nitrogens is 2. The van der Waals surface area contributed by atoms with Crippen LogP contribution in [-0.2, 0) is 6.54 Å². The molecule has 0 aliphatic carbocycles. The van der Waals surface area contributed by atoms with E-state index in [1.807, 2.05) is 0 Å². The van der Waals surface area contributed by atoms with Crippen molar-refractivity contribution in [2.45, 2.75) is 6.54 Å². The van der Waals surface area contributed by atoms with Crippen LogP contribution in [0.15, 0.2) is 38.1 Å². The Morgan fingerprint density at radius 1 is 1.45 bits per heavy atom. The van der Waals surface area contributed by atoms with Crippen LogP contribution in [0, 0.1) is 11.3 Å². The molecule has 0 radical (unpaired) electrons. The molecule has 0 unspecified atom stereocenters. The molecule has 5 nitrogen and oxygen atoms in total. The maximum atomic E-state index is 12.1. The summed E-state index contributed by atoms with van der Waals surface area (Å²) in [5.41, 5.74) is 0.962. The summed E-state index contributed by atoms with van der Waals surface area (Å²) in [6.07, 6.45) is 1.53. The van der Waals surface area contributed by atoms with Gasteiger partial charge in [-0.2, -0.15) is 10.4 Å². The molecule has 0 fully saturated rings. The Morgan fingerprint density at radius 2 is 2.20 bits per heavy atom. The predicted octanol–water partition coefficient (Wildman–Crippen LogP) is 2.70. The number of hydrogen-bond donors (Lipinski definition) is 0. The highest BCUT2D eigenvalue weighted by Gasteiger charge is 2.10. The number of halogens is 2. The molecule has 0 aliphatic heterocycles. The summed E-state index contributed by atoms with van der Waals surface area (Å²) in [5, 5.41) is 13.0. The van der Waals surface area contributed by atoms with E-state index in [0.717, 1.165) is 5.56 Å². The van der Waals surface area contributed by atoms with Gasteiger partial charge in [-0.05, 0) is 50.1 Å². The topological polar surface area (TPSA) is 67.9 Å². The SMILES string of the molecule is COc1ccc(C#N)cc1Cn1ncc(Br)c(Br)c1=O. The fourth-order valence-electron chi connectivity index (χ4n) is 1.69. The van der Waals surface area contributed by atoms with Crippen molar-refractivity contribution in [2.75, 3.05) is 7.11 Å². The quantitative estimate of drug-likeness (QED) is 0.797. The molecule has 0 spiro atoms. The molecule has 0 bridgehead atoms. The van der Waals surface area contributed by atoms with Gasteiger partial charge < -0.3 is 4.74 Å². The fourth-order valence-corrected chi connectivity index (χ4v) is 2.26. The van der Waals surface area contributed by atoms with Crippen molar-refractivity contribution in [3.8, 4) is 11.8 Å². The van der Waals surface area contributed by atoms with Crippen LogP contribution in [0.3, 0.4) is 0 Å². The lowest BCUT2D eigenvalue weighted by Gasteiger charge is -2.10. The van der Waals surface area contributed by atoms with Crippen LogP contribution < -0.4 is 10.3 Å². The van der Waals surface area contributed by atoms with E-state index < -0.39 is 0 Å². The molecule has 0 N–H and O–H groups in total. The second kappa shape index (κ2) is 6.20. The normalized spacial score (nSPS) is 10.1. The summed E-state index contributed by atoms with van der Waals surface area (Å²) < 4.78 is 7.54. The first kappa shape index (κ1) is 14.8. The molecule has 7 heteroatoms. The molecule has 1 aromatic carbocycles. The van der Waals surface area contributed by atoms with Crippen molar-refractivity contribution >= 4 is 31.9 Å². The van der Waals surface area contributed by atoms with Gasteiger partial charge in [0.05, 0.1) is 36.0 Å². The third-order valence-corrected chi connectivity index (χ3v) is 4.57. The summed E-state index contributed by atoms with van der Waals surface area (Å²) in [4.78, 5) is 12.1. The molecule has 20 heavy (non-hydrogen) atoms. The molecule has 0 saturated heterocycles. The van der Waals surface area contributed by atoms with E-state index in [4.69, 9.17) is 10.00 Å². The standard InChI is InChI=1S/C13H9Br2N3O2/c1-20-11-3-2-8(5-16)4-9(11)7-18-13(19)12(15)10(14)6-17-18/h2-4,6H,7H2,1H3. The van der Waals surface area contributed by atoms with Gasteiger partial charge in [0.15, 0.2) is 0 Å². The molecule has 102 valence electrons. The van der Waals surface area contributed by atoms with Crippen LogP contribution in [0.1, 0.15) is 11.1 Å². The average Bonchev–Trinajstić information content (AvgIpc) is 2.47. The molecule has 2 rings (SSSR count). The van der Waals surface area contributed by atoms with Crippen molar-refractivity contribution in [3.63, 3.8) is 0 Å². The average molecular weight is 399 g/mol. The minimum Gasteiger partial charge on any atom is -0.496 e. The monoisotopic (exact) mass is 397 g/mol. The van der Waals surface area contributed by atoms with E-state index in [0.29, 0.717) is 20.3 Å². The molecule has 2 aromatic rings. The van der Waals surface area contributed by atoms with E-state index in [1.165, 1.54) is 10.9 Å². The second-order valence-electron chi connectivity index (χ2n) is 3.91. The first-order chi connectivity index (χ1) is 9.56. The zero-order chi connectivity index (χ0) is 14.7. The Kier molecular flexibility index (Phi) is 4.57. The maximum absolute atomic E-state index is 12.1. The Bertz CT molecular complexity index is 750. The number of rotatable bonds is 3. The van der Waals surface area contributed by atoms with Crippen LogP contribution in [0.25, 0.3) is 0 Å². The number of methoxy groups -OCH3 is 1. The van der Waals surface area contributed by atoms with Crippen molar-refractivity contribution in [1.82, 2.24) is 9.78 Å². The molecule has 0 amide bonds. The number of hydrogen-bond acceptors (Lipinski definition) is 4. The van der Waals surface area contributed by atoms with Gasteiger partial charge in [-0.15, -0.1) is 0 Å². The molecule has 1 heterocycles. The third kappa shape index (κ3) is 2.92. The van der Waals surface area contributed by atoms with E-state index in [-0.39, 0.29) is 12.1 Å². The van der Waals surface area contributed by atoms with E-state index in [1.54, 1.807) is 25.3 Å². The zero-order valence-electron chi connectivity index (χ0n) is 10.4. The minimum atomic E-state index is -0.260. The van der Waals surface area contributed by atoms with Gasteiger partial charge >= 0.3 is 0 Å². The van der Waals surface area contributed by atoms with Crippen LogP contribution in [0.2, 0.25) is 0 Å². The number of ether oxygens (including phenoxy) is 1. The highest BCUT2D eigenvalue weighted by Crippen LogP contribution is 2.21. The van der Waals surface area contributed by atoms with E-state index >= 15 is 0 Å². The highest BCUT2D eigenvalue weighted by atomic mass is 79.9. The third-order valence-electron chi connectivity index (χ3n) is 2.67. The van der Waals surface area contributed by atoms with Crippen molar-refractivity contribution in [3.05, 3.63) is 54.8 Å². The summed E-state index contributed by atoms with van der Waals surface area (Å²) >= 11 is 6.43. The molecule has 0 saturated carbocycles. The van der Waals surface area contributed by atoms with Crippen molar-refractivity contribution in [1.29, 1.82) is 5.26 Å². The lowest BCUT2D eigenvalue weighted by Crippen LogP contribution is -2.24. The lowest BCUT2D eigenvalue weighted by atomic mass is 10.1. The largest absolute Gasteiger partial charge is 0.496 e. The van der Waals surface area contributed by atoms with Crippen LogP contribution in [0.5, 0.6) is 5.75 Å². The summed E-state index contributed by atoms with van der Waals surface area (Å²) in [6.45, 7) is 0.226. The summed E-state index contributed by atoms with van der Waals surface area (Å²) in [5.74, 6) is 0.608. The summed E-state index contributed by atoms with van der Waals surface area (Å²) in [6, 6.07) is 7.11. The van der Waals surface area contributed by atoms with Crippen molar-refractivity contribution in [2.24, 2.45) is 0 Å². The molecular formula is C13H9Br2N3O2. The van der Waals surface area contributed by atoms with Crippen molar-refractivity contribution < 1.29 is 4.74 Å². The Labute approximate surface area is 132 Å². The first-order valence-electron chi connectivity index (χ1n) is 5.55. The first-order valence-corrected chi connectivity index (χ1v) is 7.13. The highest BCUT2D eigenvalue weighted by molar-refractivity contribution is 9.13. The van der Waals surface area contributed by atoms with Gasteiger partial charge in [-0.25, -0.2) is 4.68 Å². The van der Waals surface area contributed by atoms with Crippen LogP contribution in [-0.4, -0.2) is 16.9 Å². The van der Waals surface area contributed by atoms with E-state index in [2.05, 4.69) is 43.0 Å². The van der Waals surface area contributed by atoms with Gasteiger partial charge in [-0.1, -0.05) is 0 Å². The Morgan fingerprint density at radius 3 is 2.85 bits per heavy atom. The smallest absolute Gasteiger partial charge is 0.282 e. The molecule has 0 atom stereocenters. The van der Waals surface area contributed by atoms with Gasteiger partial charge in [0, 0.05) is 5.56 Å². The van der Waals surface area contributed by atoms with Gasteiger partial charge in [0.1, 0.15) is 10.2 Å². The molecular weight excluding hydrogens is 390 g/mol. The van der Waals surface area contributed by atoms with Crippen LogP contribution in [0.4, 0.5) is 0 Å². The fraction of sp³-hybridized carbons (Fsp3) is 0.154. The molecule has 1 aromatic heterocycles. The van der Waals surface area contributed by atoms with Crippen LogP contribution >= 0.6 is 31.9 Å². The zero-order valence-corrected chi connectivity index (χ0v) is 13.6. The van der Waals surface area contributed by atoms with Gasteiger partial charge in [0.2, 0.25) is 0 Å². The summed E-state index contributed by atoms with van der Waals surface area (Å²) in [7, 11) is 1.54. The van der Waals surface area contributed by atoms with Gasteiger partial charge in [-0.3, -0.25) is 4.79 Å². The number of benzene rings is 1. The number of nitriles is 1. The second-order valence-corrected chi connectivity index (χ2v) is 5.56. The Balaban J connectivity index is 2.47. The number of nitrogens with zero attached hydrogens (tertiary/aromatic N) is 3. The maximum Gasteiger partial charge on any atom is 0.282 e. The predicted molar refractivity (Wildman–Crippen MR) is 80.7 cm³/mol. The molecule has 0 aliphatic rings. The Hall–Kier alpha value is -1.65. The lowest BCUT2D eigenvalue weighted by molar-refractivity contribution is 0.406. The van der Waals surface area contributed by atoms with Gasteiger partial charge in [0.25, 0.3) is 5.56 Å². The van der Waals surface area contributed by atoms with E-state index in [9.17, 15) is 4.79 Å². The minimum absolute atomic E-state index is 0.226.